The lowest BCUT2D eigenvalue weighted by molar-refractivity contribution is -0.124. The van der Waals surface area contributed by atoms with Crippen molar-refractivity contribution in [2.45, 2.75) is 6.54 Å². The second-order valence-electron chi connectivity index (χ2n) is 5.81. The molecule has 3 aromatic rings. The van der Waals surface area contributed by atoms with Crippen LogP contribution in [0.2, 0.25) is 0 Å². The maximum absolute atomic E-state index is 11.2. The van der Waals surface area contributed by atoms with Crippen LogP contribution in [0.1, 0.15) is 11.1 Å². The van der Waals surface area contributed by atoms with Crippen LogP contribution in [0, 0.1) is 0 Å². The molecule has 0 aliphatic heterocycles. The minimum absolute atomic E-state index is 0.574. The molecule has 27 heavy (non-hydrogen) atoms. The molecule has 1 amide bonds. The summed E-state index contributed by atoms with van der Waals surface area (Å²) in [6.07, 6.45) is 2.91. The van der Waals surface area contributed by atoms with Gasteiger partial charge in [0, 0.05) is 18.3 Å². The molecule has 0 saturated carbocycles. The topological polar surface area (TPSA) is 70.6 Å². The van der Waals surface area contributed by atoms with E-state index in [-0.39, 0.29) is 0 Å². The molecule has 3 rings (SSSR count). The highest BCUT2D eigenvalue weighted by Crippen LogP contribution is 2.23. The Hall–Kier alpha value is -3.57. The first-order valence-electron chi connectivity index (χ1n) is 8.51. The van der Waals surface area contributed by atoms with Gasteiger partial charge in [-0.3, -0.25) is 10.0 Å². The molecule has 0 fully saturated rings. The van der Waals surface area contributed by atoms with E-state index in [2.05, 4.69) is 5.32 Å². The zero-order valence-electron chi connectivity index (χ0n) is 14.6. The van der Waals surface area contributed by atoms with Crippen molar-refractivity contribution in [3.63, 3.8) is 0 Å². The summed E-state index contributed by atoms with van der Waals surface area (Å²) in [7, 11) is 0. The van der Waals surface area contributed by atoms with Crippen LogP contribution >= 0.6 is 0 Å². The third-order valence-corrected chi connectivity index (χ3v) is 3.85. The summed E-state index contributed by atoms with van der Waals surface area (Å²) in [5.74, 6) is 0.990. The van der Waals surface area contributed by atoms with Gasteiger partial charge in [0.2, 0.25) is 0 Å². The van der Waals surface area contributed by atoms with E-state index in [1.54, 1.807) is 11.6 Å². The number of anilines is 1. The fraction of sp³-hybridized carbons (Fsp3) is 0.0455. The minimum atomic E-state index is -0.574. The molecule has 3 N–H and O–H groups in total. The summed E-state index contributed by atoms with van der Waals surface area (Å²) in [6.45, 7) is 0.600. The fourth-order valence-electron chi connectivity index (χ4n) is 2.55. The maximum Gasteiger partial charge on any atom is 0.267 e. The first kappa shape index (κ1) is 18.2. The molecule has 0 atom stereocenters. The lowest BCUT2D eigenvalue weighted by atomic mass is 10.1. The molecular formula is C22H20N2O3. The Morgan fingerprint density at radius 3 is 2.48 bits per heavy atom. The van der Waals surface area contributed by atoms with Gasteiger partial charge in [0.05, 0.1) is 0 Å². The summed E-state index contributed by atoms with van der Waals surface area (Å²) in [5.41, 5.74) is 4.37. The van der Waals surface area contributed by atoms with Crippen molar-refractivity contribution in [2.24, 2.45) is 0 Å². The second-order valence-corrected chi connectivity index (χ2v) is 5.81. The average molecular weight is 360 g/mol. The van der Waals surface area contributed by atoms with E-state index < -0.39 is 5.91 Å². The monoisotopic (exact) mass is 360 g/mol. The van der Waals surface area contributed by atoms with Crippen molar-refractivity contribution in [3.8, 4) is 11.5 Å². The van der Waals surface area contributed by atoms with Crippen LogP contribution in [0.3, 0.4) is 0 Å². The predicted octanol–water partition coefficient (Wildman–Crippen LogP) is 4.61. The van der Waals surface area contributed by atoms with Crippen molar-refractivity contribution in [1.82, 2.24) is 5.48 Å². The van der Waals surface area contributed by atoms with E-state index in [4.69, 9.17) is 9.94 Å². The first-order chi connectivity index (χ1) is 13.2. The number of carbonyl (C=O) groups excluding carboxylic acids is 1. The lowest BCUT2D eigenvalue weighted by Gasteiger charge is -2.11. The van der Waals surface area contributed by atoms with Gasteiger partial charge < -0.3 is 10.1 Å². The minimum Gasteiger partial charge on any atom is -0.457 e. The Kier molecular flexibility index (Phi) is 6.22. The lowest BCUT2D eigenvalue weighted by Crippen LogP contribution is -2.14. The van der Waals surface area contributed by atoms with Crippen molar-refractivity contribution >= 4 is 17.7 Å². The quantitative estimate of drug-likeness (QED) is 0.327. The first-order valence-corrected chi connectivity index (χ1v) is 8.51. The molecule has 0 aliphatic rings. The summed E-state index contributed by atoms with van der Waals surface area (Å²) in [5, 5.41) is 11.9. The van der Waals surface area contributed by atoms with Crippen LogP contribution in [0.15, 0.2) is 84.9 Å². The van der Waals surface area contributed by atoms with E-state index in [9.17, 15) is 4.79 Å². The van der Waals surface area contributed by atoms with Crippen LogP contribution in [0.25, 0.3) is 6.08 Å². The zero-order chi connectivity index (χ0) is 18.9. The zero-order valence-corrected chi connectivity index (χ0v) is 14.6. The largest absolute Gasteiger partial charge is 0.457 e. The molecule has 0 saturated heterocycles. The number of hydroxylamine groups is 1. The Morgan fingerprint density at radius 1 is 0.926 bits per heavy atom. The van der Waals surface area contributed by atoms with Gasteiger partial charge in [0.15, 0.2) is 0 Å². The van der Waals surface area contributed by atoms with Gasteiger partial charge in [-0.25, -0.2) is 5.48 Å². The Morgan fingerprint density at radius 2 is 1.67 bits per heavy atom. The number of carbonyl (C=O) groups is 1. The molecule has 5 nitrogen and oxygen atoms in total. The molecule has 0 aromatic heterocycles. The summed E-state index contributed by atoms with van der Waals surface area (Å²) in [6, 6.07) is 25.1. The van der Waals surface area contributed by atoms with E-state index in [0.717, 1.165) is 28.3 Å². The smallest absolute Gasteiger partial charge is 0.267 e. The number of amides is 1. The van der Waals surface area contributed by atoms with Gasteiger partial charge in [0.1, 0.15) is 11.5 Å². The highest BCUT2D eigenvalue weighted by molar-refractivity contribution is 5.91. The molecule has 0 bridgehead atoms. The van der Waals surface area contributed by atoms with Gasteiger partial charge in [-0.15, -0.1) is 0 Å². The number of para-hydroxylation sites is 2. The molecule has 0 heterocycles. The maximum atomic E-state index is 11.2. The van der Waals surface area contributed by atoms with Gasteiger partial charge in [-0.2, -0.15) is 0 Å². The molecule has 0 unspecified atom stereocenters. The van der Waals surface area contributed by atoms with Crippen molar-refractivity contribution in [3.05, 3.63) is 96.1 Å². The van der Waals surface area contributed by atoms with Crippen LogP contribution in [-0.4, -0.2) is 11.1 Å². The Labute approximate surface area is 157 Å². The number of hydrogen-bond donors (Lipinski definition) is 3. The van der Waals surface area contributed by atoms with Gasteiger partial charge in [-0.05, 0) is 47.5 Å². The molecule has 3 aromatic carbocycles. The third kappa shape index (κ3) is 5.45. The predicted molar refractivity (Wildman–Crippen MR) is 106 cm³/mol. The number of rotatable bonds is 7. The van der Waals surface area contributed by atoms with E-state index in [1.165, 1.54) is 6.08 Å². The van der Waals surface area contributed by atoms with E-state index >= 15 is 0 Å². The normalized spacial score (nSPS) is 10.6. The summed E-state index contributed by atoms with van der Waals surface area (Å²) in [4.78, 5) is 11.2. The SMILES string of the molecule is O=C(C=Cc1ccccc1NCc1cccc(Oc2ccccc2)c1)NO. The Bertz CT molecular complexity index is 924. The Balaban J connectivity index is 1.68. The van der Waals surface area contributed by atoms with Gasteiger partial charge >= 0.3 is 0 Å². The van der Waals surface area contributed by atoms with Crippen LogP contribution < -0.4 is 15.5 Å². The molecule has 5 heteroatoms. The number of benzene rings is 3. The fourth-order valence-corrected chi connectivity index (χ4v) is 2.55. The van der Waals surface area contributed by atoms with Crippen LogP contribution in [0.4, 0.5) is 5.69 Å². The third-order valence-electron chi connectivity index (χ3n) is 3.85. The average Bonchev–Trinajstić information content (AvgIpc) is 2.72. The number of nitrogens with one attached hydrogen (secondary N) is 2. The van der Waals surface area contributed by atoms with Crippen molar-refractivity contribution in [1.29, 1.82) is 0 Å². The van der Waals surface area contributed by atoms with Crippen LogP contribution in [-0.2, 0) is 11.3 Å². The molecular weight excluding hydrogens is 340 g/mol. The summed E-state index contributed by atoms with van der Waals surface area (Å²) >= 11 is 0. The standard InChI is InChI=1S/C22H20N2O3/c25-22(24-26)14-13-18-8-4-5-12-21(18)23-16-17-7-6-11-20(15-17)27-19-9-2-1-3-10-19/h1-15,23,26H,16H2,(H,24,25). The molecule has 0 aliphatic carbocycles. The highest BCUT2D eigenvalue weighted by Gasteiger charge is 2.02. The van der Waals surface area contributed by atoms with Crippen molar-refractivity contribution in [2.75, 3.05) is 5.32 Å². The second kappa shape index (κ2) is 9.22. The highest BCUT2D eigenvalue weighted by atomic mass is 16.5. The van der Waals surface area contributed by atoms with Gasteiger partial charge in [-0.1, -0.05) is 48.5 Å². The number of ether oxygens (including phenoxy) is 1. The summed E-state index contributed by atoms with van der Waals surface area (Å²) < 4.78 is 5.86. The molecule has 0 spiro atoms. The van der Waals surface area contributed by atoms with E-state index in [1.807, 2.05) is 78.9 Å². The molecule has 0 radical (unpaired) electrons. The number of hydrogen-bond acceptors (Lipinski definition) is 4. The van der Waals surface area contributed by atoms with E-state index in [0.29, 0.717) is 6.54 Å². The molecule has 136 valence electrons. The van der Waals surface area contributed by atoms with Gasteiger partial charge in [0.25, 0.3) is 5.91 Å². The van der Waals surface area contributed by atoms with Crippen molar-refractivity contribution < 1.29 is 14.7 Å². The van der Waals surface area contributed by atoms with Crippen LogP contribution in [0.5, 0.6) is 11.5 Å².